The molecule has 152 valence electrons. The zero-order valence-electron chi connectivity index (χ0n) is 16.0. The molecule has 0 aliphatic heterocycles. The highest BCUT2D eigenvalue weighted by Crippen LogP contribution is 2.38. The second-order valence-corrected chi connectivity index (χ2v) is 9.64. The molecule has 0 saturated heterocycles. The Hall–Kier alpha value is -2.06. The lowest BCUT2D eigenvalue weighted by atomic mass is 10.1. The average molecular weight is 436 g/mol. The van der Waals surface area contributed by atoms with Crippen LogP contribution < -0.4 is 4.72 Å². The maximum Gasteiger partial charge on any atom is 0.291 e. The number of fused-ring (bicyclic) bond motifs is 1. The average Bonchev–Trinajstić information content (AvgIpc) is 3.06. The van der Waals surface area contributed by atoms with Gasteiger partial charge in [0, 0.05) is 16.6 Å². The molecule has 29 heavy (non-hydrogen) atoms. The first kappa shape index (κ1) is 20.2. The van der Waals surface area contributed by atoms with Crippen LogP contribution in [0.25, 0.3) is 16.3 Å². The molecule has 1 saturated carbocycles. The van der Waals surface area contributed by atoms with Crippen LogP contribution in [0.4, 0.5) is 8.78 Å². The van der Waals surface area contributed by atoms with Gasteiger partial charge in [-0.3, -0.25) is 9.12 Å². The molecule has 0 aromatic carbocycles. The molecule has 0 unspecified atom stereocenters. The van der Waals surface area contributed by atoms with Crippen molar-refractivity contribution in [3.63, 3.8) is 0 Å². The number of hydrogen-bond donors (Lipinski definition) is 2. The highest BCUT2D eigenvalue weighted by Gasteiger charge is 2.37. The number of alkyl halides is 2. The van der Waals surface area contributed by atoms with E-state index in [0.717, 1.165) is 29.1 Å². The SMILES string of the molecule is CC(C)(O)C#Cc1cc(SNC2(C)CC2)cn2c(-c3nnc(C(F)F)s3)cnc12. The van der Waals surface area contributed by atoms with Crippen molar-refractivity contribution in [1.29, 1.82) is 0 Å². The second-order valence-electron chi connectivity index (χ2n) is 7.75. The van der Waals surface area contributed by atoms with Crippen molar-refractivity contribution in [1.82, 2.24) is 24.3 Å². The Kier molecular flexibility index (Phi) is 5.11. The van der Waals surface area contributed by atoms with E-state index in [4.69, 9.17) is 0 Å². The smallest absolute Gasteiger partial charge is 0.291 e. The van der Waals surface area contributed by atoms with Crippen LogP contribution in [0, 0.1) is 11.8 Å². The Balaban J connectivity index is 1.79. The quantitative estimate of drug-likeness (QED) is 0.465. The fourth-order valence-corrected chi connectivity index (χ4v) is 4.10. The normalized spacial score (nSPS) is 15.6. The van der Waals surface area contributed by atoms with Crippen molar-refractivity contribution in [2.75, 3.05) is 0 Å². The predicted octanol–water partition coefficient (Wildman–Crippen LogP) is 4.06. The number of imidazole rings is 1. The van der Waals surface area contributed by atoms with Crippen molar-refractivity contribution in [2.45, 2.75) is 56.1 Å². The first-order valence-electron chi connectivity index (χ1n) is 8.96. The van der Waals surface area contributed by atoms with Crippen molar-refractivity contribution < 1.29 is 13.9 Å². The number of halogens is 2. The van der Waals surface area contributed by atoms with E-state index < -0.39 is 12.0 Å². The first-order valence-corrected chi connectivity index (χ1v) is 10.6. The Labute approximate surface area is 174 Å². The summed E-state index contributed by atoms with van der Waals surface area (Å²) in [5, 5.41) is 17.5. The monoisotopic (exact) mass is 435 g/mol. The van der Waals surface area contributed by atoms with Crippen LogP contribution in [0.2, 0.25) is 0 Å². The second kappa shape index (κ2) is 7.32. The molecule has 6 nitrogen and oxygen atoms in total. The standard InChI is InChI=1S/C19H19F2N5OS2/c1-18(2,27)5-4-11-8-12(29-25-19(3)6-7-19)10-26-13(9-22-15(11)26)16-23-24-17(28-16)14(20)21/h8-10,14,25,27H,6-7H2,1-3H3. The molecule has 10 heteroatoms. The molecule has 0 bridgehead atoms. The van der Waals surface area contributed by atoms with Crippen LogP contribution in [0.15, 0.2) is 23.4 Å². The van der Waals surface area contributed by atoms with Gasteiger partial charge in [0.15, 0.2) is 15.7 Å². The van der Waals surface area contributed by atoms with Gasteiger partial charge < -0.3 is 5.11 Å². The Morgan fingerprint density at radius 3 is 2.76 bits per heavy atom. The Morgan fingerprint density at radius 2 is 2.14 bits per heavy atom. The van der Waals surface area contributed by atoms with E-state index in [1.165, 1.54) is 11.9 Å². The fraction of sp³-hybridized carbons (Fsp3) is 0.421. The molecular formula is C19H19F2N5OS2. The minimum atomic E-state index is -2.66. The molecule has 0 spiro atoms. The van der Waals surface area contributed by atoms with Gasteiger partial charge in [-0.05, 0) is 51.6 Å². The van der Waals surface area contributed by atoms with Crippen molar-refractivity contribution in [2.24, 2.45) is 0 Å². The van der Waals surface area contributed by atoms with Crippen LogP contribution in [0.3, 0.4) is 0 Å². The number of rotatable bonds is 5. The number of aliphatic hydroxyl groups is 1. The van der Waals surface area contributed by atoms with Crippen LogP contribution in [-0.4, -0.2) is 35.8 Å². The third-order valence-electron chi connectivity index (χ3n) is 4.35. The molecule has 3 aromatic rings. The van der Waals surface area contributed by atoms with E-state index in [0.29, 0.717) is 21.9 Å². The van der Waals surface area contributed by atoms with Gasteiger partial charge in [0.2, 0.25) is 0 Å². The molecule has 0 amide bonds. The largest absolute Gasteiger partial charge is 0.378 e. The molecular weight excluding hydrogens is 416 g/mol. The lowest BCUT2D eigenvalue weighted by Crippen LogP contribution is -2.20. The molecule has 0 radical (unpaired) electrons. The minimum absolute atomic E-state index is 0.127. The van der Waals surface area contributed by atoms with E-state index in [-0.39, 0.29) is 10.5 Å². The van der Waals surface area contributed by atoms with E-state index in [1.54, 1.807) is 24.4 Å². The number of nitrogens with one attached hydrogen (secondary N) is 1. The van der Waals surface area contributed by atoms with E-state index in [9.17, 15) is 13.9 Å². The van der Waals surface area contributed by atoms with Gasteiger partial charge >= 0.3 is 0 Å². The minimum Gasteiger partial charge on any atom is -0.378 e. The summed E-state index contributed by atoms with van der Waals surface area (Å²) >= 11 is 2.33. The summed E-state index contributed by atoms with van der Waals surface area (Å²) in [6.45, 7) is 5.37. The number of nitrogens with zero attached hydrogens (tertiary/aromatic N) is 4. The lowest BCUT2D eigenvalue weighted by Gasteiger charge is -2.12. The lowest BCUT2D eigenvalue weighted by molar-refractivity contribution is 0.143. The maximum absolute atomic E-state index is 12.9. The highest BCUT2D eigenvalue weighted by molar-refractivity contribution is 7.97. The van der Waals surface area contributed by atoms with Crippen LogP contribution >= 0.6 is 23.3 Å². The van der Waals surface area contributed by atoms with Crippen LogP contribution in [0.5, 0.6) is 0 Å². The Morgan fingerprint density at radius 1 is 1.38 bits per heavy atom. The molecule has 1 aliphatic rings. The molecule has 1 aliphatic carbocycles. The van der Waals surface area contributed by atoms with Crippen LogP contribution in [-0.2, 0) is 0 Å². The van der Waals surface area contributed by atoms with Gasteiger partial charge in [-0.15, -0.1) is 10.2 Å². The van der Waals surface area contributed by atoms with Gasteiger partial charge in [0.05, 0.1) is 11.8 Å². The summed E-state index contributed by atoms with van der Waals surface area (Å²) in [4.78, 5) is 5.30. The third kappa shape index (κ3) is 4.59. The van der Waals surface area contributed by atoms with E-state index >= 15 is 0 Å². The molecule has 0 atom stereocenters. The fourth-order valence-electron chi connectivity index (χ4n) is 2.49. The van der Waals surface area contributed by atoms with Gasteiger partial charge in [0.1, 0.15) is 11.3 Å². The van der Waals surface area contributed by atoms with Gasteiger partial charge in [0.25, 0.3) is 6.43 Å². The van der Waals surface area contributed by atoms with E-state index in [2.05, 4.69) is 38.7 Å². The molecule has 4 rings (SSSR count). The third-order valence-corrected chi connectivity index (χ3v) is 6.35. The van der Waals surface area contributed by atoms with Crippen molar-refractivity contribution >= 4 is 28.9 Å². The summed E-state index contributed by atoms with van der Waals surface area (Å²) in [6.07, 6.45) is 3.02. The maximum atomic E-state index is 12.9. The number of hydrogen-bond acceptors (Lipinski definition) is 7. The zero-order chi connectivity index (χ0) is 20.8. The summed E-state index contributed by atoms with van der Waals surface area (Å²) in [5.74, 6) is 5.80. The van der Waals surface area contributed by atoms with Crippen molar-refractivity contribution in [3.8, 4) is 22.5 Å². The Bertz CT molecular complexity index is 1120. The van der Waals surface area contributed by atoms with E-state index in [1.807, 2.05) is 12.3 Å². The molecule has 2 N–H and O–H groups in total. The van der Waals surface area contributed by atoms with Gasteiger partial charge in [-0.2, -0.15) is 0 Å². The topological polar surface area (TPSA) is 75.3 Å². The molecule has 3 heterocycles. The number of aromatic nitrogens is 4. The molecule has 3 aromatic heterocycles. The van der Waals surface area contributed by atoms with Gasteiger partial charge in [-0.25, -0.2) is 13.8 Å². The number of pyridine rings is 1. The molecule has 1 fully saturated rings. The van der Waals surface area contributed by atoms with Crippen molar-refractivity contribution in [3.05, 3.63) is 29.0 Å². The predicted molar refractivity (Wildman–Crippen MR) is 109 cm³/mol. The highest BCUT2D eigenvalue weighted by atomic mass is 32.2. The summed E-state index contributed by atoms with van der Waals surface area (Å²) in [7, 11) is 0. The summed E-state index contributed by atoms with van der Waals surface area (Å²) in [6, 6.07) is 1.90. The van der Waals surface area contributed by atoms with Gasteiger partial charge in [-0.1, -0.05) is 23.2 Å². The zero-order valence-corrected chi connectivity index (χ0v) is 17.7. The summed E-state index contributed by atoms with van der Waals surface area (Å²) < 4.78 is 31.1. The first-order chi connectivity index (χ1) is 13.6. The summed E-state index contributed by atoms with van der Waals surface area (Å²) in [5.41, 5.74) is 0.732. The van der Waals surface area contributed by atoms with Crippen LogP contribution in [0.1, 0.15) is 50.6 Å².